The molecule has 33 heavy (non-hydrogen) atoms. The van der Waals surface area contributed by atoms with Gasteiger partial charge in [-0.25, -0.2) is 4.79 Å². The third-order valence-corrected chi connectivity index (χ3v) is 5.37. The average Bonchev–Trinajstić information content (AvgIpc) is 2.81. The van der Waals surface area contributed by atoms with Crippen molar-refractivity contribution in [2.24, 2.45) is 5.73 Å². The van der Waals surface area contributed by atoms with Crippen molar-refractivity contribution in [1.82, 2.24) is 9.78 Å². The summed E-state index contributed by atoms with van der Waals surface area (Å²) in [7, 11) is 0. The number of fused-ring (bicyclic) bond motifs is 1. The van der Waals surface area contributed by atoms with E-state index in [1.54, 1.807) is 43.3 Å². The fourth-order valence-electron chi connectivity index (χ4n) is 3.66. The van der Waals surface area contributed by atoms with Crippen molar-refractivity contribution in [2.75, 3.05) is 6.61 Å². The number of nitrogens with two attached hydrogens (primary N) is 1. The van der Waals surface area contributed by atoms with Crippen LogP contribution in [0.1, 0.15) is 18.4 Å². The van der Waals surface area contributed by atoms with Crippen LogP contribution in [-0.2, 0) is 14.3 Å². The van der Waals surface area contributed by atoms with Crippen LogP contribution in [0, 0.1) is 11.3 Å². The first-order chi connectivity index (χ1) is 15.9. The van der Waals surface area contributed by atoms with Crippen molar-refractivity contribution in [2.45, 2.75) is 12.8 Å². The van der Waals surface area contributed by atoms with Crippen LogP contribution in [-0.4, -0.2) is 22.4 Å². The van der Waals surface area contributed by atoms with Crippen molar-refractivity contribution in [3.8, 4) is 6.07 Å². The number of allylic oxidation sites excluding steroid dienone is 1. The number of halogens is 1. The normalized spacial score (nSPS) is 15.8. The summed E-state index contributed by atoms with van der Waals surface area (Å²) in [5, 5.41) is 13.2. The number of aromatic nitrogens is 2. The molecule has 1 aliphatic heterocycles. The maximum absolute atomic E-state index is 13.2. The zero-order valence-corrected chi connectivity index (χ0v) is 18.1. The highest BCUT2D eigenvalue weighted by Gasteiger charge is 2.39. The molecule has 2 aromatic carbocycles. The molecule has 3 aromatic rings. The van der Waals surface area contributed by atoms with Crippen LogP contribution in [0.4, 0.5) is 0 Å². The number of esters is 1. The summed E-state index contributed by atoms with van der Waals surface area (Å²) in [6.45, 7) is 1.69. The van der Waals surface area contributed by atoms with Crippen molar-refractivity contribution in [3.63, 3.8) is 0 Å². The Hall–Kier alpha value is -4.29. The van der Waals surface area contributed by atoms with Crippen molar-refractivity contribution in [3.05, 3.63) is 96.9 Å². The Morgan fingerprint density at radius 3 is 2.52 bits per heavy atom. The van der Waals surface area contributed by atoms with E-state index in [2.05, 4.69) is 5.10 Å². The smallest absolute Gasteiger partial charge is 0.340 e. The monoisotopic (exact) mass is 464 g/mol. The van der Waals surface area contributed by atoms with E-state index >= 15 is 0 Å². The third-order valence-electron chi connectivity index (χ3n) is 5.12. The fraction of sp³-hybridized carbons (Fsp3) is 0.130. The molecule has 3 N–H and O–H groups in total. The van der Waals surface area contributed by atoms with Gasteiger partial charge in [-0.15, -0.1) is 0 Å². The fourth-order valence-corrected chi connectivity index (χ4v) is 3.79. The summed E-state index contributed by atoms with van der Waals surface area (Å²) in [4.78, 5) is 38.5. The molecule has 10 heteroatoms. The van der Waals surface area contributed by atoms with Crippen molar-refractivity contribution in [1.29, 1.82) is 5.26 Å². The number of nitrogens with zero attached hydrogens (tertiary/aromatic N) is 2. The summed E-state index contributed by atoms with van der Waals surface area (Å²) in [5.74, 6) is -2.47. The van der Waals surface area contributed by atoms with E-state index < -0.39 is 23.0 Å². The van der Waals surface area contributed by atoms with E-state index in [4.69, 9.17) is 26.8 Å². The highest BCUT2D eigenvalue weighted by Crippen LogP contribution is 2.40. The number of rotatable bonds is 4. The van der Waals surface area contributed by atoms with E-state index in [-0.39, 0.29) is 40.3 Å². The van der Waals surface area contributed by atoms with E-state index in [1.807, 2.05) is 6.07 Å². The second kappa shape index (κ2) is 8.68. The van der Waals surface area contributed by atoms with Crippen molar-refractivity contribution < 1.29 is 14.3 Å². The molecule has 4 rings (SSSR count). The predicted octanol–water partition coefficient (Wildman–Crippen LogP) is 2.58. The maximum Gasteiger partial charge on any atom is 0.340 e. The molecule has 2 heterocycles. The van der Waals surface area contributed by atoms with Gasteiger partial charge in [-0.05, 0) is 36.8 Å². The average molecular weight is 465 g/mol. The molecule has 0 saturated heterocycles. The number of aromatic amines is 1. The second-order valence-electron chi connectivity index (χ2n) is 7.04. The van der Waals surface area contributed by atoms with Gasteiger partial charge in [0.15, 0.2) is 0 Å². The lowest BCUT2D eigenvalue weighted by Gasteiger charge is -2.28. The first-order valence-electron chi connectivity index (χ1n) is 9.86. The number of carbonyl (C=O) groups excluding carboxylic acids is 1. The lowest BCUT2D eigenvalue weighted by atomic mass is 9.84. The van der Waals surface area contributed by atoms with Crippen LogP contribution >= 0.6 is 11.6 Å². The molecule has 0 amide bonds. The molecule has 9 nitrogen and oxygen atoms in total. The Morgan fingerprint density at radius 2 is 1.88 bits per heavy atom. The van der Waals surface area contributed by atoms with Gasteiger partial charge in [0.25, 0.3) is 11.1 Å². The highest BCUT2D eigenvalue weighted by molar-refractivity contribution is 6.30. The van der Waals surface area contributed by atoms with E-state index in [9.17, 15) is 19.6 Å². The van der Waals surface area contributed by atoms with Crippen LogP contribution in [0.5, 0.6) is 0 Å². The molecule has 0 fully saturated rings. The van der Waals surface area contributed by atoms with Crippen LogP contribution in [0.15, 0.2) is 75.1 Å². The Bertz CT molecular complexity index is 1490. The minimum atomic E-state index is -1.03. The van der Waals surface area contributed by atoms with Gasteiger partial charge in [-0.2, -0.15) is 9.94 Å². The van der Waals surface area contributed by atoms with E-state index in [0.29, 0.717) is 10.6 Å². The number of H-pyrrole nitrogens is 1. The first-order valence-corrected chi connectivity index (χ1v) is 10.2. The number of benzene rings is 2. The van der Waals surface area contributed by atoms with Gasteiger partial charge in [-0.1, -0.05) is 35.9 Å². The van der Waals surface area contributed by atoms with Gasteiger partial charge in [0.1, 0.15) is 17.2 Å². The minimum Gasteiger partial charge on any atom is -0.462 e. The largest absolute Gasteiger partial charge is 0.462 e. The van der Waals surface area contributed by atoms with Crippen LogP contribution in [0.3, 0.4) is 0 Å². The molecule has 0 saturated carbocycles. The number of nitrogens with one attached hydrogen (secondary N) is 1. The molecule has 0 bridgehead atoms. The van der Waals surface area contributed by atoms with Gasteiger partial charge in [0.05, 0.1) is 23.3 Å². The van der Waals surface area contributed by atoms with Gasteiger partial charge in [-0.3, -0.25) is 14.7 Å². The van der Waals surface area contributed by atoms with Gasteiger partial charge in [0, 0.05) is 5.02 Å². The summed E-state index contributed by atoms with van der Waals surface area (Å²) in [6, 6.07) is 14.6. The molecule has 166 valence electrons. The van der Waals surface area contributed by atoms with Crippen LogP contribution in [0.25, 0.3) is 16.7 Å². The molecule has 1 aliphatic rings. The molecule has 1 unspecified atom stereocenters. The summed E-state index contributed by atoms with van der Waals surface area (Å²) >= 11 is 6.00. The summed E-state index contributed by atoms with van der Waals surface area (Å²) < 4.78 is 11.5. The van der Waals surface area contributed by atoms with Crippen LogP contribution < -0.4 is 16.9 Å². The Morgan fingerprint density at radius 1 is 1.21 bits per heavy atom. The zero-order chi connectivity index (χ0) is 23.7. The van der Waals surface area contributed by atoms with Crippen LogP contribution in [0.2, 0.25) is 5.02 Å². The van der Waals surface area contributed by atoms with Gasteiger partial charge < -0.3 is 15.2 Å². The molecule has 0 spiro atoms. The Balaban J connectivity index is 2.02. The molecular formula is C23H17ClN4O5. The van der Waals surface area contributed by atoms with Crippen molar-refractivity contribution >= 4 is 34.2 Å². The molecule has 1 aromatic heterocycles. The number of ether oxygens (including phenoxy) is 2. The Kier molecular flexibility index (Phi) is 5.77. The van der Waals surface area contributed by atoms with E-state index in [1.165, 1.54) is 12.1 Å². The summed E-state index contributed by atoms with van der Waals surface area (Å²) in [6.07, 6.45) is 0. The topological polar surface area (TPSA) is 140 Å². The summed E-state index contributed by atoms with van der Waals surface area (Å²) in [5.41, 5.74) is 5.16. The SMILES string of the molecule is CCOC(=O)C1=C(N)OC(n2[nH]c(=O)c3ccccc3c2=O)=C(C#N)C1c1ccc(Cl)cc1. The van der Waals surface area contributed by atoms with Gasteiger partial charge in [0.2, 0.25) is 11.8 Å². The lowest BCUT2D eigenvalue weighted by molar-refractivity contribution is -0.139. The molecular weight excluding hydrogens is 448 g/mol. The predicted molar refractivity (Wildman–Crippen MR) is 121 cm³/mol. The lowest BCUT2D eigenvalue weighted by Crippen LogP contribution is -2.34. The number of carbonyl (C=O) groups is 1. The number of nitriles is 1. The quantitative estimate of drug-likeness (QED) is 0.565. The Labute approximate surface area is 191 Å². The standard InChI is InChI=1S/C23H17ClN4O5/c1-2-32-23(31)18-17(12-7-9-13(24)10-8-12)16(11-25)22(33-19(18)26)28-21(30)15-6-4-3-5-14(15)20(29)27-28/h3-10,17H,2,26H2,1H3,(H,27,29). The number of hydrogen-bond donors (Lipinski definition) is 2. The van der Waals surface area contributed by atoms with E-state index in [0.717, 1.165) is 4.68 Å². The zero-order valence-electron chi connectivity index (χ0n) is 17.3. The number of hydrogen-bond acceptors (Lipinski definition) is 7. The molecule has 1 atom stereocenters. The minimum absolute atomic E-state index is 0.0683. The third kappa shape index (κ3) is 3.77. The second-order valence-corrected chi connectivity index (χ2v) is 7.48. The highest BCUT2D eigenvalue weighted by atomic mass is 35.5. The maximum atomic E-state index is 13.2. The first kappa shape index (κ1) is 21.9. The molecule has 0 radical (unpaired) electrons. The van der Waals surface area contributed by atoms with Gasteiger partial charge >= 0.3 is 5.97 Å². The molecule has 0 aliphatic carbocycles.